The van der Waals surface area contributed by atoms with E-state index in [1.807, 2.05) is 29.2 Å². The van der Waals surface area contributed by atoms with Crippen LogP contribution in [0.5, 0.6) is 0 Å². The van der Waals surface area contributed by atoms with Crippen LogP contribution in [0.15, 0.2) is 54.9 Å². The van der Waals surface area contributed by atoms with Crippen LogP contribution in [0, 0.1) is 11.6 Å². The summed E-state index contributed by atoms with van der Waals surface area (Å²) in [4.78, 5) is 19.8. The van der Waals surface area contributed by atoms with Crippen LogP contribution in [0.4, 0.5) is 8.78 Å². The number of carbonyl (C=O) groups excluding carboxylic acids is 1. The second-order valence-electron chi connectivity index (χ2n) is 8.95. The molecule has 2 aliphatic heterocycles. The van der Waals surface area contributed by atoms with Gasteiger partial charge in [0, 0.05) is 53.6 Å². The molecule has 2 aliphatic rings. The summed E-state index contributed by atoms with van der Waals surface area (Å²) < 4.78 is 29.6. The molecule has 5 nitrogen and oxygen atoms in total. The van der Waals surface area contributed by atoms with Gasteiger partial charge in [-0.2, -0.15) is 5.10 Å². The van der Waals surface area contributed by atoms with E-state index >= 15 is 0 Å². The number of fused-ring (bicyclic) bond motifs is 5. The Bertz CT molecular complexity index is 1390. The van der Waals surface area contributed by atoms with E-state index in [-0.39, 0.29) is 18.0 Å². The Labute approximate surface area is 189 Å². The van der Waals surface area contributed by atoms with E-state index in [1.54, 1.807) is 24.1 Å². The van der Waals surface area contributed by atoms with Gasteiger partial charge in [0.15, 0.2) is 0 Å². The number of aromatic nitrogens is 3. The zero-order chi connectivity index (χ0) is 22.7. The molecule has 1 amide bonds. The number of halogens is 2. The van der Waals surface area contributed by atoms with Crippen molar-refractivity contribution in [2.45, 2.75) is 37.8 Å². The summed E-state index contributed by atoms with van der Waals surface area (Å²) in [7, 11) is 1.79. The van der Waals surface area contributed by atoms with Crippen LogP contribution in [0.1, 0.15) is 46.9 Å². The van der Waals surface area contributed by atoms with Gasteiger partial charge in [-0.15, -0.1) is 0 Å². The molecule has 6 rings (SSSR count). The molecule has 0 radical (unpaired) electrons. The number of carbonyl (C=O) groups is 1. The van der Waals surface area contributed by atoms with Crippen molar-refractivity contribution in [2.75, 3.05) is 0 Å². The fourth-order valence-corrected chi connectivity index (χ4v) is 5.57. The number of piperidine rings is 1. The normalized spacial score (nSPS) is 19.5. The molecule has 166 valence electrons. The summed E-state index contributed by atoms with van der Waals surface area (Å²) in [5.41, 5.74) is 3.67. The molecule has 2 aromatic heterocycles. The lowest BCUT2D eigenvalue weighted by atomic mass is 9.81. The smallest absolute Gasteiger partial charge is 0.254 e. The van der Waals surface area contributed by atoms with Crippen molar-refractivity contribution in [3.8, 4) is 11.3 Å². The molecule has 0 N–H and O–H groups in total. The Hall–Kier alpha value is -3.61. The van der Waals surface area contributed by atoms with E-state index in [4.69, 9.17) is 5.10 Å². The molecule has 4 aromatic rings. The number of rotatable bonds is 2. The zero-order valence-corrected chi connectivity index (χ0v) is 18.1. The van der Waals surface area contributed by atoms with Crippen molar-refractivity contribution >= 4 is 16.7 Å². The van der Waals surface area contributed by atoms with Gasteiger partial charge in [-0.05, 0) is 61.4 Å². The molecule has 1 saturated heterocycles. The topological polar surface area (TPSA) is 51.0 Å². The summed E-state index contributed by atoms with van der Waals surface area (Å²) in [5, 5.41) is 6.72. The van der Waals surface area contributed by atoms with Gasteiger partial charge in [0.2, 0.25) is 0 Å². The number of benzene rings is 2. The van der Waals surface area contributed by atoms with Gasteiger partial charge in [0.05, 0.1) is 17.4 Å². The number of hydrogen-bond donors (Lipinski definition) is 0. The molecular formula is C26H22F2N4O. The Morgan fingerprint density at radius 2 is 1.85 bits per heavy atom. The van der Waals surface area contributed by atoms with Gasteiger partial charge in [0.1, 0.15) is 11.6 Å². The molecule has 1 fully saturated rings. The molecule has 2 aromatic carbocycles. The first-order chi connectivity index (χ1) is 16.0. The minimum Gasteiger partial charge on any atom is -0.327 e. The largest absolute Gasteiger partial charge is 0.327 e. The predicted molar refractivity (Wildman–Crippen MR) is 121 cm³/mol. The van der Waals surface area contributed by atoms with Crippen molar-refractivity contribution in [2.24, 2.45) is 7.05 Å². The Balaban J connectivity index is 1.42. The first-order valence-corrected chi connectivity index (χ1v) is 11.2. The fraction of sp³-hybridized carbons (Fsp3) is 0.269. The van der Waals surface area contributed by atoms with Crippen molar-refractivity contribution in [3.05, 3.63) is 83.3 Å². The summed E-state index contributed by atoms with van der Waals surface area (Å²) in [6, 6.07) is 11.1. The van der Waals surface area contributed by atoms with Gasteiger partial charge < -0.3 is 4.90 Å². The van der Waals surface area contributed by atoms with Crippen LogP contribution in [0.25, 0.3) is 22.0 Å². The molecule has 0 spiro atoms. The predicted octanol–water partition coefficient (Wildman–Crippen LogP) is 5.21. The summed E-state index contributed by atoms with van der Waals surface area (Å²) in [5.74, 6) is -1.23. The maximum atomic E-state index is 14.0. The Kier molecular flexibility index (Phi) is 4.54. The van der Waals surface area contributed by atoms with E-state index < -0.39 is 11.6 Å². The molecule has 2 bridgehead atoms. The van der Waals surface area contributed by atoms with Gasteiger partial charge in [0.25, 0.3) is 5.91 Å². The summed E-state index contributed by atoms with van der Waals surface area (Å²) in [6.07, 6.45) is 6.85. The third-order valence-corrected chi connectivity index (χ3v) is 6.93. The van der Waals surface area contributed by atoms with E-state index in [2.05, 4.69) is 4.98 Å². The average molecular weight is 444 g/mol. The van der Waals surface area contributed by atoms with Gasteiger partial charge in [-0.3, -0.25) is 14.5 Å². The van der Waals surface area contributed by atoms with Crippen LogP contribution in [0.3, 0.4) is 0 Å². The minimum atomic E-state index is -0.612. The lowest BCUT2D eigenvalue weighted by Crippen LogP contribution is -2.49. The quantitative estimate of drug-likeness (QED) is 0.427. The fourth-order valence-electron chi connectivity index (χ4n) is 5.57. The third kappa shape index (κ3) is 3.22. The Morgan fingerprint density at radius 1 is 1.03 bits per heavy atom. The van der Waals surface area contributed by atoms with Crippen molar-refractivity contribution in [1.82, 2.24) is 19.7 Å². The van der Waals surface area contributed by atoms with Crippen LogP contribution in [-0.2, 0) is 13.5 Å². The number of pyridine rings is 1. The highest BCUT2D eigenvalue weighted by Gasteiger charge is 2.43. The van der Waals surface area contributed by atoms with Gasteiger partial charge in [-0.1, -0.05) is 6.07 Å². The highest BCUT2D eigenvalue weighted by atomic mass is 19.1. The minimum absolute atomic E-state index is 0.00916. The van der Waals surface area contributed by atoms with Crippen LogP contribution in [-0.4, -0.2) is 31.6 Å². The van der Waals surface area contributed by atoms with E-state index in [0.717, 1.165) is 53.1 Å². The molecular weight excluding hydrogens is 422 g/mol. The first kappa shape index (κ1) is 20.0. The monoisotopic (exact) mass is 444 g/mol. The summed E-state index contributed by atoms with van der Waals surface area (Å²) in [6.45, 7) is 0. The SMILES string of the molecule is Cn1nc2c(c1-c1cc(F)cc(F)c1)C[C@@H]1CCC[C@@H]2N1C(=O)c1ccc2ccncc2c1. The highest BCUT2D eigenvalue weighted by Crippen LogP contribution is 2.45. The van der Waals surface area contributed by atoms with Gasteiger partial charge in [-0.25, -0.2) is 8.78 Å². The number of aryl methyl sites for hydroxylation is 1. The average Bonchev–Trinajstić information content (AvgIpc) is 3.13. The van der Waals surface area contributed by atoms with Crippen molar-refractivity contribution in [3.63, 3.8) is 0 Å². The second-order valence-corrected chi connectivity index (χ2v) is 8.95. The van der Waals surface area contributed by atoms with Crippen LogP contribution in [0.2, 0.25) is 0 Å². The van der Waals surface area contributed by atoms with Crippen LogP contribution < -0.4 is 0 Å². The van der Waals surface area contributed by atoms with E-state index in [9.17, 15) is 13.6 Å². The highest BCUT2D eigenvalue weighted by molar-refractivity contribution is 5.99. The molecule has 0 saturated carbocycles. The Morgan fingerprint density at radius 3 is 2.67 bits per heavy atom. The van der Waals surface area contributed by atoms with Gasteiger partial charge >= 0.3 is 0 Å². The first-order valence-electron chi connectivity index (χ1n) is 11.2. The molecule has 4 heterocycles. The van der Waals surface area contributed by atoms with E-state index in [1.165, 1.54) is 12.1 Å². The molecule has 7 heteroatoms. The molecule has 2 atom stereocenters. The van der Waals surface area contributed by atoms with Crippen molar-refractivity contribution in [1.29, 1.82) is 0 Å². The summed E-state index contributed by atoms with van der Waals surface area (Å²) >= 11 is 0. The number of nitrogens with zero attached hydrogens (tertiary/aromatic N) is 4. The molecule has 33 heavy (non-hydrogen) atoms. The maximum Gasteiger partial charge on any atom is 0.254 e. The second kappa shape index (κ2) is 7.47. The zero-order valence-electron chi connectivity index (χ0n) is 18.1. The molecule has 0 unspecified atom stereocenters. The van der Waals surface area contributed by atoms with E-state index in [0.29, 0.717) is 17.5 Å². The third-order valence-electron chi connectivity index (χ3n) is 6.93. The van der Waals surface area contributed by atoms with Crippen LogP contribution >= 0.6 is 0 Å². The molecule has 0 aliphatic carbocycles. The maximum absolute atomic E-state index is 14.0. The standard InChI is InChI=1S/C26H22F2N4O/c1-31-25(17-10-19(27)12-20(28)11-17)22-13-21-3-2-4-23(24(22)30-31)32(21)26(33)16-6-5-15-7-8-29-14-18(15)9-16/h5-12,14,21,23H,2-4,13H2,1H3/t21-,23-/m0/s1. The van der Waals surface area contributed by atoms with Crippen molar-refractivity contribution < 1.29 is 13.6 Å². The number of amides is 1. The lowest BCUT2D eigenvalue weighted by molar-refractivity contribution is 0.0392. The lowest BCUT2D eigenvalue weighted by Gasteiger charge is -2.45. The number of hydrogen-bond acceptors (Lipinski definition) is 3.